The Balaban J connectivity index is 1.22. The third kappa shape index (κ3) is 7.95. The van der Waals surface area contributed by atoms with Crippen molar-refractivity contribution in [2.45, 2.75) is 75.6 Å². The van der Waals surface area contributed by atoms with E-state index in [4.69, 9.17) is 4.74 Å². The molecule has 7 rings (SSSR count). The molecular weight excluding hydrogens is 757 g/mol. The molecular formula is C45H51F6N3O2Si. The molecule has 0 aliphatic carbocycles. The van der Waals surface area contributed by atoms with Gasteiger partial charge in [0.25, 0.3) is 14.2 Å². The Labute approximate surface area is 331 Å². The highest BCUT2D eigenvalue weighted by Crippen LogP contribution is 2.47. The highest BCUT2D eigenvalue weighted by Gasteiger charge is 2.52. The van der Waals surface area contributed by atoms with Crippen LogP contribution < -0.4 is 10.4 Å². The van der Waals surface area contributed by atoms with E-state index in [0.29, 0.717) is 64.2 Å². The summed E-state index contributed by atoms with van der Waals surface area (Å²) in [6, 6.07) is 23.2. The third-order valence-corrected chi connectivity index (χ3v) is 17.0. The van der Waals surface area contributed by atoms with E-state index < -0.39 is 74.6 Å². The van der Waals surface area contributed by atoms with Crippen molar-refractivity contribution in [3.8, 4) is 0 Å². The van der Waals surface area contributed by atoms with Crippen LogP contribution in [0.3, 0.4) is 0 Å². The molecule has 57 heavy (non-hydrogen) atoms. The molecule has 2 aliphatic rings. The van der Waals surface area contributed by atoms with Crippen LogP contribution in [0.1, 0.15) is 74.6 Å². The first-order valence-corrected chi connectivity index (χ1v) is 21.7. The molecule has 12 heteroatoms. The summed E-state index contributed by atoms with van der Waals surface area (Å²) >= 11 is 0. The smallest absolute Gasteiger partial charge is 0.260 e. The van der Waals surface area contributed by atoms with Crippen LogP contribution >= 0.6 is 0 Å². The molecule has 5 aromatic rings. The van der Waals surface area contributed by atoms with E-state index in [1.807, 2.05) is 74.5 Å². The largest absolute Gasteiger partial charge is 0.424 e. The summed E-state index contributed by atoms with van der Waals surface area (Å²) in [4.78, 5) is 19.4. The van der Waals surface area contributed by atoms with E-state index in [-0.39, 0.29) is 24.3 Å². The Morgan fingerprint density at radius 1 is 0.895 bits per heavy atom. The average Bonchev–Trinajstić information content (AvgIpc) is 3.52. The molecule has 4 aromatic carbocycles. The number of halogens is 6. The van der Waals surface area contributed by atoms with Gasteiger partial charge in [-0.15, -0.1) is 0 Å². The number of H-pyrrole nitrogens is 1. The van der Waals surface area contributed by atoms with Crippen molar-refractivity contribution in [2.24, 2.45) is 5.92 Å². The maximum absolute atomic E-state index is 16.7. The fourth-order valence-corrected chi connectivity index (χ4v) is 13.0. The molecule has 1 fully saturated rings. The summed E-state index contributed by atoms with van der Waals surface area (Å²) < 4.78 is 99.7. The SMILES string of the molecule is COC(c1cc(F)c([C@@H]2c3[nH]c4ccc(F)cc4c3C[C@@H](C)N2CC(F)(F)CCC(C)(C)[Si](O)(c2ccccc2)c2ccccc2)c(F)c1)C1CN(CCCF)C1. The number of hydrogen-bond donors (Lipinski definition) is 2. The van der Waals surface area contributed by atoms with Crippen molar-refractivity contribution in [1.29, 1.82) is 0 Å². The predicted octanol–water partition coefficient (Wildman–Crippen LogP) is 8.85. The van der Waals surface area contributed by atoms with Gasteiger partial charge in [0.2, 0.25) is 0 Å². The average molecular weight is 808 g/mol. The molecule has 0 saturated carbocycles. The van der Waals surface area contributed by atoms with Crippen molar-refractivity contribution in [3.05, 3.63) is 131 Å². The minimum Gasteiger partial charge on any atom is -0.424 e. The van der Waals surface area contributed by atoms with Crippen LogP contribution in [-0.4, -0.2) is 79.8 Å². The Hall–Kier alpha value is -3.94. The van der Waals surface area contributed by atoms with E-state index in [9.17, 15) is 13.6 Å². The Morgan fingerprint density at radius 3 is 2.09 bits per heavy atom. The molecule has 3 heterocycles. The summed E-state index contributed by atoms with van der Waals surface area (Å²) in [5.74, 6) is -5.67. The Morgan fingerprint density at radius 2 is 1.51 bits per heavy atom. The van der Waals surface area contributed by atoms with Gasteiger partial charge in [-0.3, -0.25) is 9.29 Å². The standard InChI is InChI=1S/C45H51F6N3O2Si/c1-29-22-36-35-25-32(47)16-17-39(35)52-41(36)42(40-37(48)23-30(24-38(40)49)43(56-4)31-26-53(27-31)21-11-20-46)54(29)28-45(50,51)19-18-44(2,3)57(55,33-12-7-5-8-13-33)34-14-9-6-10-15-34/h5-10,12-17,23-25,29,31,42-43,52,55H,11,18-22,26-28H2,1-4H3/t29-,42-,43?/m1/s1. The van der Waals surface area contributed by atoms with Crippen LogP contribution in [-0.2, 0) is 11.2 Å². The maximum Gasteiger partial charge on any atom is 0.260 e. The fourth-order valence-electron chi connectivity index (χ4n) is 9.31. The van der Waals surface area contributed by atoms with E-state index in [2.05, 4.69) is 9.88 Å². The van der Waals surface area contributed by atoms with Crippen molar-refractivity contribution in [2.75, 3.05) is 40.0 Å². The number of aromatic nitrogens is 1. The second-order valence-corrected chi connectivity index (χ2v) is 20.6. The highest BCUT2D eigenvalue weighted by atomic mass is 28.4. The summed E-state index contributed by atoms with van der Waals surface area (Å²) in [7, 11) is -2.11. The number of benzene rings is 4. The van der Waals surface area contributed by atoms with Gasteiger partial charge in [-0.25, -0.2) is 22.0 Å². The van der Waals surface area contributed by atoms with Crippen LogP contribution in [0.4, 0.5) is 26.3 Å². The van der Waals surface area contributed by atoms with Crippen LogP contribution in [0.2, 0.25) is 5.04 Å². The normalized spacial score (nSPS) is 19.1. The molecule has 304 valence electrons. The van der Waals surface area contributed by atoms with Gasteiger partial charge in [-0.1, -0.05) is 74.5 Å². The molecule has 5 nitrogen and oxygen atoms in total. The summed E-state index contributed by atoms with van der Waals surface area (Å²) in [6.07, 6.45) is -0.584. The lowest BCUT2D eigenvalue weighted by atomic mass is 9.85. The second kappa shape index (κ2) is 16.4. The molecule has 0 spiro atoms. The molecule has 2 N–H and O–H groups in total. The van der Waals surface area contributed by atoms with Gasteiger partial charge < -0.3 is 19.4 Å². The Bertz CT molecular complexity index is 2100. The summed E-state index contributed by atoms with van der Waals surface area (Å²) in [5.41, 5.74) is 1.43. The number of nitrogens with zero attached hydrogens (tertiary/aromatic N) is 2. The van der Waals surface area contributed by atoms with Gasteiger partial charge in [-0.05, 0) is 83.1 Å². The van der Waals surface area contributed by atoms with Gasteiger partial charge in [0.05, 0.1) is 25.4 Å². The van der Waals surface area contributed by atoms with Crippen LogP contribution in [0, 0.1) is 23.4 Å². The van der Waals surface area contributed by atoms with E-state index in [0.717, 1.165) is 0 Å². The minimum absolute atomic E-state index is 0.0293. The summed E-state index contributed by atoms with van der Waals surface area (Å²) in [6.45, 7) is 5.96. The number of likely N-dealkylation sites (tertiary alicyclic amines) is 1. The molecule has 3 atom stereocenters. The zero-order valence-corrected chi connectivity index (χ0v) is 33.9. The lowest BCUT2D eigenvalue weighted by Gasteiger charge is -2.44. The molecule has 0 radical (unpaired) electrons. The number of aromatic amines is 1. The maximum atomic E-state index is 16.7. The molecule has 0 bridgehead atoms. The summed E-state index contributed by atoms with van der Waals surface area (Å²) in [5, 5.41) is 1.03. The van der Waals surface area contributed by atoms with Crippen molar-refractivity contribution in [1.82, 2.24) is 14.8 Å². The second-order valence-electron chi connectivity index (χ2n) is 16.6. The number of fused-ring (bicyclic) bond motifs is 3. The first-order valence-electron chi connectivity index (χ1n) is 19.7. The number of ether oxygens (including phenoxy) is 1. The van der Waals surface area contributed by atoms with Crippen LogP contribution in [0.5, 0.6) is 0 Å². The van der Waals surface area contributed by atoms with Gasteiger partial charge >= 0.3 is 0 Å². The predicted molar refractivity (Wildman–Crippen MR) is 215 cm³/mol. The number of nitrogens with one attached hydrogen (secondary N) is 1. The molecule has 2 aliphatic heterocycles. The molecule has 1 saturated heterocycles. The quantitative estimate of drug-likeness (QED) is 0.0821. The first kappa shape index (κ1) is 41.2. The third-order valence-electron chi connectivity index (χ3n) is 12.4. The molecule has 1 aromatic heterocycles. The van der Waals surface area contributed by atoms with Gasteiger partial charge in [0, 0.05) is 67.3 Å². The van der Waals surface area contributed by atoms with Gasteiger partial charge in [-0.2, -0.15) is 0 Å². The Kier molecular flexibility index (Phi) is 11.8. The molecule has 1 unspecified atom stereocenters. The monoisotopic (exact) mass is 807 g/mol. The topological polar surface area (TPSA) is 51.7 Å². The van der Waals surface area contributed by atoms with Gasteiger partial charge in [0.15, 0.2) is 0 Å². The zero-order valence-electron chi connectivity index (χ0n) is 32.9. The molecule has 0 amide bonds. The zero-order chi connectivity index (χ0) is 40.7. The lowest BCUT2D eigenvalue weighted by Crippen LogP contribution is -2.65. The first-order chi connectivity index (χ1) is 27.2. The van der Waals surface area contributed by atoms with E-state index in [1.165, 1.54) is 36.3 Å². The van der Waals surface area contributed by atoms with Crippen molar-refractivity contribution < 1.29 is 35.9 Å². The number of rotatable bonds is 15. The van der Waals surface area contributed by atoms with E-state index >= 15 is 17.6 Å². The number of methoxy groups -OCH3 is 1. The van der Waals surface area contributed by atoms with Crippen molar-refractivity contribution >= 4 is 29.6 Å². The minimum atomic E-state index is -3.59. The lowest BCUT2D eigenvalue weighted by molar-refractivity contribution is -0.0615. The van der Waals surface area contributed by atoms with Crippen LogP contribution in [0.15, 0.2) is 91.0 Å². The van der Waals surface area contributed by atoms with E-state index in [1.54, 1.807) is 13.0 Å². The highest BCUT2D eigenvalue weighted by molar-refractivity contribution is 6.98. The van der Waals surface area contributed by atoms with Gasteiger partial charge in [0.1, 0.15) is 17.5 Å². The van der Waals surface area contributed by atoms with Crippen molar-refractivity contribution in [3.63, 3.8) is 0 Å². The number of hydrogen-bond acceptors (Lipinski definition) is 4. The number of alkyl halides is 3. The van der Waals surface area contributed by atoms with Crippen LogP contribution in [0.25, 0.3) is 10.9 Å². The fraction of sp³-hybridized carbons (Fsp3) is 0.422.